The van der Waals surface area contributed by atoms with Crippen LogP contribution in [0.1, 0.15) is 5.69 Å². The van der Waals surface area contributed by atoms with Gasteiger partial charge < -0.3 is 11.5 Å². The van der Waals surface area contributed by atoms with Gasteiger partial charge in [0, 0.05) is 6.20 Å². The molecule has 1 aromatic rings. The SMILES string of the molecule is ClC(Cl)(Cl)c1ccccn1.NC(N)=O. The lowest BCUT2D eigenvalue weighted by Crippen LogP contribution is -2.18. The molecule has 0 aliphatic rings. The molecule has 0 bridgehead atoms. The molecule has 0 saturated carbocycles. The van der Waals surface area contributed by atoms with Crippen molar-refractivity contribution in [2.45, 2.75) is 3.79 Å². The Kier molecular flexibility index (Phi) is 5.60. The van der Waals surface area contributed by atoms with E-state index in [2.05, 4.69) is 16.5 Å². The van der Waals surface area contributed by atoms with E-state index in [1.54, 1.807) is 24.4 Å². The van der Waals surface area contributed by atoms with Gasteiger partial charge in [-0.3, -0.25) is 4.98 Å². The van der Waals surface area contributed by atoms with E-state index in [-0.39, 0.29) is 0 Å². The second-order valence-electron chi connectivity index (χ2n) is 2.12. The lowest BCUT2D eigenvalue weighted by molar-refractivity contribution is 0.256. The maximum atomic E-state index is 9.00. The van der Waals surface area contributed by atoms with Crippen molar-refractivity contribution in [1.82, 2.24) is 4.98 Å². The van der Waals surface area contributed by atoms with Gasteiger partial charge >= 0.3 is 6.03 Å². The quantitative estimate of drug-likeness (QED) is 0.695. The van der Waals surface area contributed by atoms with Gasteiger partial charge in [-0.25, -0.2) is 4.79 Å². The summed E-state index contributed by atoms with van der Waals surface area (Å²) in [5, 5.41) is 0. The summed E-state index contributed by atoms with van der Waals surface area (Å²) in [7, 11) is 0. The molecule has 0 radical (unpaired) electrons. The molecule has 4 N–H and O–H groups in total. The number of primary amides is 2. The topological polar surface area (TPSA) is 82.0 Å². The van der Waals surface area contributed by atoms with Crippen molar-refractivity contribution in [3.8, 4) is 0 Å². The fourth-order valence-corrected chi connectivity index (χ4v) is 0.866. The maximum absolute atomic E-state index is 9.00. The minimum atomic E-state index is -1.40. The van der Waals surface area contributed by atoms with Gasteiger partial charge in [0.2, 0.25) is 3.79 Å². The van der Waals surface area contributed by atoms with Gasteiger partial charge in [-0.15, -0.1) is 0 Å². The van der Waals surface area contributed by atoms with Crippen LogP contribution in [0.5, 0.6) is 0 Å². The number of nitrogens with zero attached hydrogens (tertiary/aromatic N) is 1. The number of halogens is 3. The van der Waals surface area contributed by atoms with Crippen molar-refractivity contribution in [2.75, 3.05) is 0 Å². The fraction of sp³-hybridized carbons (Fsp3) is 0.143. The summed E-state index contributed by atoms with van der Waals surface area (Å²) in [6.45, 7) is 0. The molecule has 78 valence electrons. The molecule has 2 amide bonds. The zero-order valence-corrected chi connectivity index (χ0v) is 9.22. The Bertz CT molecular complexity index is 282. The average molecular weight is 257 g/mol. The number of aromatic nitrogens is 1. The standard InChI is InChI=1S/C6H4Cl3N.CH4N2O/c7-6(8,9)5-3-1-2-4-10-5;2-1(3)4/h1-4H;(H4,2,3,4). The normalized spacial score (nSPS) is 9.93. The number of urea groups is 1. The third-order valence-corrected chi connectivity index (χ3v) is 1.54. The molecule has 0 saturated heterocycles. The average Bonchev–Trinajstić information content (AvgIpc) is 2.03. The predicted molar refractivity (Wildman–Crippen MR) is 57.2 cm³/mol. The molecular weight excluding hydrogens is 248 g/mol. The van der Waals surface area contributed by atoms with Crippen molar-refractivity contribution in [1.29, 1.82) is 0 Å². The molecule has 14 heavy (non-hydrogen) atoms. The summed E-state index contributed by atoms with van der Waals surface area (Å²) in [6, 6.07) is 4.36. The Morgan fingerprint density at radius 2 is 1.79 bits per heavy atom. The first kappa shape index (κ1) is 13.3. The van der Waals surface area contributed by atoms with E-state index in [9.17, 15) is 0 Å². The van der Waals surface area contributed by atoms with E-state index >= 15 is 0 Å². The second-order valence-corrected chi connectivity index (χ2v) is 4.40. The van der Waals surface area contributed by atoms with Crippen LogP contribution >= 0.6 is 34.8 Å². The fourth-order valence-electron chi connectivity index (χ4n) is 0.530. The Morgan fingerprint density at radius 3 is 2.00 bits per heavy atom. The molecule has 7 heteroatoms. The Morgan fingerprint density at radius 1 is 1.29 bits per heavy atom. The highest BCUT2D eigenvalue weighted by atomic mass is 35.6. The Balaban J connectivity index is 0.000000364. The number of carbonyl (C=O) groups is 1. The van der Waals surface area contributed by atoms with Gasteiger partial charge in [-0.1, -0.05) is 40.9 Å². The molecule has 0 atom stereocenters. The van der Waals surface area contributed by atoms with Gasteiger partial charge in [0.15, 0.2) is 0 Å². The van der Waals surface area contributed by atoms with Crippen molar-refractivity contribution in [2.24, 2.45) is 11.5 Å². The maximum Gasteiger partial charge on any atom is 0.309 e. The minimum absolute atomic E-state index is 0.444. The summed E-state index contributed by atoms with van der Waals surface area (Å²) < 4.78 is -1.40. The lowest BCUT2D eigenvalue weighted by atomic mass is 10.4. The number of carbonyl (C=O) groups excluding carboxylic acids is 1. The van der Waals surface area contributed by atoms with Crippen LogP contribution in [0.25, 0.3) is 0 Å². The van der Waals surface area contributed by atoms with Crippen molar-refractivity contribution in [3.05, 3.63) is 30.1 Å². The number of amides is 2. The zero-order chi connectivity index (χ0) is 11.2. The van der Waals surface area contributed by atoms with Crippen LogP contribution in [0.2, 0.25) is 0 Å². The summed E-state index contributed by atoms with van der Waals surface area (Å²) in [4.78, 5) is 12.9. The molecule has 1 aromatic heterocycles. The van der Waals surface area contributed by atoms with Gasteiger partial charge in [-0.2, -0.15) is 0 Å². The number of nitrogens with two attached hydrogens (primary N) is 2. The molecule has 0 aromatic carbocycles. The van der Waals surface area contributed by atoms with E-state index in [0.717, 1.165) is 0 Å². The smallest absolute Gasteiger partial charge is 0.309 e. The molecular formula is C7H8Cl3N3O. The van der Waals surface area contributed by atoms with Gasteiger partial charge in [0.1, 0.15) is 0 Å². The van der Waals surface area contributed by atoms with Crippen LogP contribution in [0, 0.1) is 0 Å². The Labute approximate surface area is 96.1 Å². The molecule has 0 aliphatic heterocycles. The molecule has 0 fully saturated rings. The monoisotopic (exact) mass is 255 g/mol. The zero-order valence-electron chi connectivity index (χ0n) is 6.95. The highest BCUT2D eigenvalue weighted by molar-refractivity contribution is 6.66. The van der Waals surface area contributed by atoms with Crippen LogP contribution in [-0.2, 0) is 3.79 Å². The second kappa shape index (κ2) is 5.90. The largest absolute Gasteiger partial charge is 0.352 e. The summed E-state index contributed by atoms with van der Waals surface area (Å²) in [6.07, 6.45) is 1.58. The highest BCUT2D eigenvalue weighted by Crippen LogP contribution is 2.36. The number of hydrogen-bond acceptors (Lipinski definition) is 2. The van der Waals surface area contributed by atoms with Crippen molar-refractivity contribution in [3.63, 3.8) is 0 Å². The third kappa shape index (κ3) is 6.77. The first-order valence-electron chi connectivity index (χ1n) is 3.37. The minimum Gasteiger partial charge on any atom is -0.352 e. The number of hydrogen-bond donors (Lipinski definition) is 2. The van der Waals surface area contributed by atoms with Crippen LogP contribution in [0.4, 0.5) is 4.79 Å². The van der Waals surface area contributed by atoms with E-state index in [0.29, 0.717) is 5.69 Å². The first-order valence-corrected chi connectivity index (χ1v) is 4.50. The highest BCUT2D eigenvalue weighted by Gasteiger charge is 2.23. The van der Waals surface area contributed by atoms with Crippen LogP contribution in [0.3, 0.4) is 0 Å². The van der Waals surface area contributed by atoms with Crippen molar-refractivity contribution < 1.29 is 4.79 Å². The lowest BCUT2D eigenvalue weighted by Gasteiger charge is -2.07. The molecule has 0 unspecified atom stereocenters. The van der Waals surface area contributed by atoms with Gasteiger partial charge in [-0.05, 0) is 12.1 Å². The third-order valence-electron chi connectivity index (χ3n) is 0.955. The summed E-state index contributed by atoms with van der Waals surface area (Å²) in [5.74, 6) is 0. The molecule has 1 heterocycles. The first-order chi connectivity index (χ1) is 6.34. The molecule has 0 aliphatic carbocycles. The van der Waals surface area contributed by atoms with Crippen LogP contribution in [0.15, 0.2) is 24.4 Å². The van der Waals surface area contributed by atoms with Crippen LogP contribution < -0.4 is 11.5 Å². The summed E-state index contributed by atoms with van der Waals surface area (Å²) >= 11 is 16.6. The predicted octanol–water partition coefficient (Wildman–Crippen LogP) is 1.93. The number of rotatable bonds is 0. The van der Waals surface area contributed by atoms with E-state index in [4.69, 9.17) is 39.6 Å². The van der Waals surface area contributed by atoms with E-state index < -0.39 is 9.82 Å². The molecule has 1 rings (SSSR count). The number of pyridine rings is 1. The molecule has 4 nitrogen and oxygen atoms in total. The van der Waals surface area contributed by atoms with Gasteiger partial charge in [0.25, 0.3) is 0 Å². The van der Waals surface area contributed by atoms with Crippen LogP contribution in [-0.4, -0.2) is 11.0 Å². The number of alkyl halides is 3. The molecule has 0 spiro atoms. The summed E-state index contributed by atoms with van der Waals surface area (Å²) in [5.41, 5.74) is 8.94. The van der Waals surface area contributed by atoms with Gasteiger partial charge in [0.05, 0.1) is 5.69 Å². The van der Waals surface area contributed by atoms with E-state index in [1.807, 2.05) is 0 Å². The Hall–Kier alpha value is -0.710. The van der Waals surface area contributed by atoms with Crippen molar-refractivity contribution >= 4 is 40.8 Å². The van der Waals surface area contributed by atoms with E-state index in [1.165, 1.54) is 0 Å².